The zero-order valence-corrected chi connectivity index (χ0v) is 16.8. The summed E-state index contributed by atoms with van der Waals surface area (Å²) < 4.78 is 6.82. The number of thiazole rings is 1. The van der Waals surface area contributed by atoms with Crippen molar-refractivity contribution in [3.05, 3.63) is 98.9 Å². The van der Waals surface area contributed by atoms with Crippen LogP contribution in [0.3, 0.4) is 0 Å². The number of ether oxygens (including phenoxy) is 1. The Bertz CT molecular complexity index is 1290. The zero-order chi connectivity index (χ0) is 21.1. The first kappa shape index (κ1) is 19.5. The second-order valence-corrected chi connectivity index (χ2v) is 7.39. The maximum atomic E-state index is 12.4. The number of carbonyl (C=O) groups excluding carboxylic acids is 2. The summed E-state index contributed by atoms with van der Waals surface area (Å²) in [6, 6.07) is 16.6. The minimum Gasteiger partial charge on any atom is -0.456 e. The molecule has 0 unspecified atom stereocenters. The molecule has 30 heavy (non-hydrogen) atoms. The smallest absolute Gasteiger partial charge is 0.338 e. The van der Waals surface area contributed by atoms with E-state index in [4.69, 9.17) is 4.74 Å². The van der Waals surface area contributed by atoms with Crippen LogP contribution in [0, 0.1) is 6.92 Å². The van der Waals surface area contributed by atoms with Gasteiger partial charge in [0.2, 0.25) is 0 Å². The van der Waals surface area contributed by atoms with E-state index < -0.39 is 5.97 Å². The van der Waals surface area contributed by atoms with Crippen LogP contribution in [0.15, 0.2) is 70.8 Å². The number of hydrogen-bond acceptors (Lipinski definition) is 6. The Balaban J connectivity index is 1.44. The van der Waals surface area contributed by atoms with Gasteiger partial charge >= 0.3 is 5.97 Å². The third-order valence-electron chi connectivity index (χ3n) is 4.37. The summed E-state index contributed by atoms with van der Waals surface area (Å²) in [4.78, 5) is 41.8. The fourth-order valence-electron chi connectivity index (χ4n) is 2.91. The first-order valence-corrected chi connectivity index (χ1v) is 9.99. The monoisotopic (exact) mass is 419 g/mol. The minimum absolute atomic E-state index is 0.123. The average molecular weight is 419 g/mol. The van der Waals surface area contributed by atoms with Crippen molar-refractivity contribution < 1.29 is 14.3 Å². The van der Waals surface area contributed by atoms with Crippen molar-refractivity contribution in [3.63, 3.8) is 0 Å². The standard InChI is InChI=1S/C22H17N3O4S/c1-14-13-30-22-24-18(11-19(26)25(14)22)12-29-21(28)16-8-5-9-17(10-16)23-20(27)15-6-3-2-4-7-15/h2-11,13H,12H2,1H3,(H,23,27). The Morgan fingerprint density at radius 3 is 2.63 bits per heavy atom. The number of carbonyl (C=O) groups is 2. The molecule has 2 aromatic heterocycles. The number of hydrogen-bond donors (Lipinski definition) is 1. The Labute approximate surface area is 175 Å². The van der Waals surface area contributed by atoms with Crippen LogP contribution in [0.4, 0.5) is 5.69 Å². The molecule has 8 heteroatoms. The van der Waals surface area contributed by atoms with Gasteiger partial charge in [0.25, 0.3) is 11.5 Å². The first-order valence-electron chi connectivity index (χ1n) is 9.11. The van der Waals surface area contributed by atoms with E-state index in [1.807, 2.05) is 18.4 Å². The van der Waals surface area contributed by atoms with Gasteiger partial charge in [-0.25, -0.2) is 9.78 Å². The summed E-state index contributed by atoms with van der Waals surface area (Å²) in [5.74, 6) is -0.847. The van der Waals surface area contributed by atoms with Crippen molar-refractivity contribution in [3.8, 4) is 0 Å². The molecule has 2 aromatic carbocycles. The molecule has 0 saturated heterocycles. The molecule has 0 atom stereocenters. The quantitative estimate of drug-likeness (QED) is 0.499. The molecule has 0 spiro atoms. The van der Waals surface area contributed by atoms with Crippen LogP contribution in [0.25, 0.3) is 4.96 Å². The fourth-order valence-corrected chi connectivity index (χ4v) is 3.81. The molecule has 7 nitrogen and oxygen atoms in total. The number of benzene rings is 2. The van der Waals surface area contributed by atoms with Gasteiger partial charge in [0.15, 0.2) is 4.96 Å². The minimum atomic E-state index is -0.574. The van der Waals surface area contributed by atoms with Crippen molar-refractivity contribution in [1.82, 2.24) is 9.38 Å². The molecular formula is C22H17N3O4S. The molecular weight excluding hydrogens is 402 g/mol. The van der Waals surface area contributed by atoms with Crippen LogP contribution < -0.4 is 10.9 Å². The van der Waals surface area contributed by atoms with E-state index in [1.165, 1.54) is 27.9 Å². The molecule has 0 radical (unpaired) electrons. The van der Waals surface area contributed by atoms with E-state index in [0.29, 0.717) is 21.9 Å². The van der Waals surface area contributed by atoms with E-state index >= 15 is 0 Å². The van der Waals surface area contributed by atoms with E-state index in [2.05, 4.69) is 10.3 Å². The molecule has 0 bridgehead atoms. The lowest BCUT2D eigenvalue weighted by atomic mass is 10.1. The molecule has 150 valence electrons. The molecule has 0 aliphatic rings. The third kappa shape index (κ3) is 4.13. The Morgan fingerprint density at radius 1 is 1.07 bits per heavy atom. The van der Waals surface area contributed by atoms with Gasteiger partial charge in [0.05, 0.1) is 11.3 Å². The molecule has 0 aliphatic carbocycles. The fraction of sp³-hybridized carbons (Fsp3) is 0.0909. The van der Waals surface area contributed by atoms with Gasteiger partial charge in [-0.15, -0.1) is 11.3 Å². The average Bonchev–Trinajstić information content (AvgIpc) is 3.14. The lowest BCUT2D eigenvalue weighted by Gasteiger charge is -2.08. The van der Waals surface area contributed by atoms with Gasteiger partial charge in [-0.05, 0) is 37.3 Å². The molecule has 4 rings (SSSR count). The van der Waals surface area contributed by atoms with Crippen molar-refractivity contribution in [2.24, 2.45) is 0 Å². The summed E-state index contributed by atoms with van der Waals surface area (Å²) in [5, 5.41) is 4.60. The first-order chi connectivity index (χ1) is 14.5. The summed E-state index contributed by atoms with van der Waals surface area (Å²) in [6.07, 6.45) is 0. The van der Waals surface area contributed by atoms with E-state index in [0.717, 1.165) is 5.69 Å². The van der Waals surface area contributed by atoms with Crippen molar-refractivity contribution in [1.29, 1.82) is 0 Å². The molecule has 1 amide bonds. The number of amides is 1. The Hall–Kier alpha value is -3.78. The number of nitrogens with zero attached hydrogens (tertiary/aromatic N) is 2. The maximum Gasteiger partial charge on any atom is 0.338 e. The maximum absolute atomic E-state index is 12.4. The number of aromatic nitrogens is 2. The third-order valence-corrected chi connectivity index (χ3v) is 5.32. The predicted octanol–water partition coefficient (Wildman–Crippen LogP) is 3.67. The highest BCUT2D eigenvalue weighted by Gasteiger charge is 2.12. The molecule has 0 saturated carbocycles. The van der Waals surface area contributed by atoms with Crippen molar-refractivity contribution >= 4 is 33.9 Å². The van der Waals surface area contributed by atoms with Crippen molar-refractivity contribution in [2.75, 3.05) is 5.32 Å². The highest BCUT2D eigenvalue weighted by Crippen LogP contribution is 2.15. The van der Waals surface area contributed by atoms with Crippen LogP contribution in [0.1, 0.15) is 32.1 Å². The normalized spacial score (nSPS) is 10.7. The summed E-state index contributed by atoms with van der Waals surface area (Å²) in [7, 11) is 0. The zero-order valence-electron chi connectivity index (χ0n) is 16.0. The van der Waals surface area contributed by atoms with E-state index in [-0.39, 0.29) is 23.6 Å². The Kier molecular flexibility index (Phi) is 5.40. The SMILES string of the molecule is Cc1csc2nc(COC(=O)c3cccc(NC(=O)c4ccccc4)c3)cc(=O)n12. The lowest BCUT2D eigenvalue weighted by molar-refractivity contribution is 0.0467. The topological polar surface area (TPSA) is 89.8 Å². The molecule has 4 aromatic rings. The number of anilines is 1. The van der Waals surface area contributed by atoms with Crippen LogP contribution in [0.2, 0.25) is 0 Å². The van der Waals surface area contributed by atoms with E-state index in [1.54, 1.807) is 42.5 Å². The molecule has 2 heterocycles. The summed E-state index contributed by atoms with van der Waals surface area (Å²) in [5.41, 5.74) is 2.25. The molecule has 0 fully saturated rings. The number of nitrogens with one attached hydrogen (secondary N) is 1. The van der Waals surface area contributed by atoms with Gasteiger partial charge in [-0.1, -0.05) is 24.3 Å². The molecule has 0 aliphatic heterocycles. The van der Waals surface area contributed by atoms with E-state index in [9.17, 15) is 14.4 Å². The van der Waals surface area contributed by atoms with Crippen LogP contribution in [-0.4, -0.2) is 21.3 Å². The summed E-state index contributed by atoms with van der Waals surface area (Å²) in [6.45, 7) is 1.71. The van der Waals surface area contributed by atoms with Gasteiger partial charge in [-0.2, -0.15) is 0 Å². The van der Waals surface area contributed by atoms with Crippen LogP contribution >= 0.6 is 11.3 Å². The van der Waals surface area contributed by atoms with Gasteiger partial charge in [-0.3, -0.25) is 14.0 Å². The van der Waals surface area contributed by atoms with Gasteiger partial charge in [0.1, 0.15) is 6.61 Å². The second-order valence-electron chi connectivity index (χ2n) is 6.56. The van der Waals surface area contributed by atoms with Gasteiger partial charge in [0, 0.05) is 28.4 Å². The van der Waals surface area contributed by atoms with Gasteiger partial charge < -0.3 is 10.1 Å². The highest BCUT2D eigenvalue weighted by atomic mass is 32.1. The predicted molar refractivity (Wildman–Crippen MR) is 114 cm³/mol. The van der Waals surface area contributed by atoms with Crippen LogP contribution in [-0.2, 0) is 11.3 Å². The van der Waals surface area contributed by atoms with Crippen LogP contribution in [0.5, 0.6) is 0 Å². The summed E-state index contributed by atoms with van der Waals surface area (Å²) >= 11 is 1.35. The number of rotatable bonds is 5. The lowest BCUT2D eigenvalue weighted by Crippen LogP contribution is -2.16. The number of fused-ring (bicyclic) bond motifs is 1. The number of aryl methyl sites for hydroxylation is 1. The largest absolute Gasteiger partial charge is 0.456 e. The number of esters is 1. The Morgan fingerprint density at radius 2 is 1.83 bits per heavy atom. The van der Waals surface area contributed by atoms with Crippen molar-refractivity contribution in [2.45, 2.75) is 13.5 Å². The molecule has 1 N–H and O–H groups in total. The second kappa shape index (κ2) is 8.30. The highest BCUT2D eigenvalue weighted by molar-refractivity contribution is 7.15.